The molecule has 0 aliphatic carbocycles. The molecule has 0 saturated heterocycles. The van der Waals surface area contributed by atoms with Crippen molar-refractivity contribution in [2.75, 3.05) is 10.0 Å². The summed E-state index contributed by atoms with van der Waals surface area (Å²) in [6.45, 7) is 4.84. The Kier molecular flexibility index (Phi) is 7.13. The van der Waals surface area contributed by atoms with Crippen LogP contribution in [0.4, 0.5) is 15.8 Å². The van der Waals surface area contributed by atoms with Gasteiger partial charge in [-0.25, -0.2) is 17.6 Å². The molecule has 0 saturated carbocycles. The molecule has 0 fully saturated rings. The van der Waals surface area contributed by atoms with Crippen LogP contribution in [0.2, 0.25) is 0 Å². The van der Waals surface area contributed by atoms with Gasteiger partial charge in [-0.05, 0) is 74.4 Å². The first-order chi connectivity index (χ1) is 15.5. The number of benzene rings is 3. The molecular weight excluding hydrogens is 447 g/mol. The molecule has 0 spiro atoms. The molecule has 0 radical (unpaired) electrons. The van der Waals surface area contributed by atoms with Gasteiger partial charge in [0.05, 0.1) is 10.5 Å². The summed E-state index contributed by atoms with van der Waals surface area (Å²) < 4.78 is 46.4. The average Bonchev–Trinajstić information content (AvgIpc) is 2.75. The minimum absolute atomic E-state index is 0.0421. The van der Waals surface area contributed by atoms with Crippen LogP contribution in [-0.4, -0.2) is 26.4 Å². The third-order valence-electron chi connectivity index (χ3n) is 4.74. The van der Waals surface area contributed by atoms with E-state index in [2.05, 4.69) is 10.0 Å². The lowest BCUT2D eigenvalue weighted by molar-refractivity contribution is -0.123. The number of aryl methyl sites for hydroxylation is 2. The minimum Gasteiger partial charge on any atom is -0.449 e. The highest BCUT2D eigenvalue weighted by Crippen LogP contribution is 2.20. The van der Waals surface area contributed by atoms with Crippen LogP contribution in [0, 0.1) is 19.7 Å². The molecule has 1 atom stereocenters. The van der Waals surface area contributed by atoms with E-state index in [1.165, 1.54) is 50.2 Å². The lowest BCUT2D eigenvalue weighted by Crippen LogP contribution is -2.30. The van der Waals surface area contributed by atoms with Crippen molar-refractivity contribution in [3.8, 4) is 0 Å². The molecular formula is C24H23FN2O5S. The summed E-state index contributed by atoms with van der Waals surface area (Å²) in [6.07, 6.45) is -1.09. The second-order valence-electron chi connectivity index (χ2n) is 7.50. The number of hydrogen-bond donors (Lipinski definition) is 2. The molecule has 1 amide bonds. The van der Waals surface area contributed by atoms with Gasteiger partial charge in [0, 0.05) is 11.4 Å². The Morgan fingerprint density at radius 2 is 1.64 bits per heavy atom. The SMILES string of the molecule is Cc1cccc(NC(=O)[C@@H](C)OC(=O)c2cccc(NS(=O)(=O)c3ccc(C)c(F)c3)c2)c1. The van der Waals surface area contributed by atoms with Crippen molar-refractivity contribution >= 4 is 33.3 Å². The van der Waals surface area contributed by atoms with Gasteiger partial charge in [0.25, 0.3) is 15.9 Å². The Bertz CT molecular complexity index is 1310. The van der Waals surface area contributed by atoms with Gasteiger partial charge in [0.1, 0.15) is 5.82 Å². The molecule has 3 aromatic rings. The smallest absolute Gasteiger partial charge is 0.338 e. The van der Waals surface area contributed by atoms with Crippen LogP contribution >= 0.6 is 0 Å². The molecule has 2 N–H and O–H groups in total. The zero-order valence-electron chi connectivity index (χ0n) is 18.3. The number of esters is 1. The van der Waals surface area contributed by atoms with Gasteiger partial charge < -0.3 is 10.1 Å². The first-order valence-electron chi connectivity index (χ1n) is 10.0. The monoisotopic (exact) mass is 470 g/mol. The van der Waals surface area contributed by atoms with Crippen molar-refractivity contribution in [2.45, 2.75) is 31.8 Å². The zero-order valence-corrected chi connectivity index (χ0v) is 19.1. The number of anilines is 2. The fourth-order valence-electron chi connectivity index (χ4n) is 2.91. The third kappa shape index (κ3) is 6.17. The molecule has 9 heteroatoms. The maximum absolute atomic E-state index is 13.8. The van der Waals surface area contributed by atoms with Gasteiger partial charge >= 0.3 is 5.97 Å². The lowest BCUT2D eigenvalue weighted by Gasteiger charge is -2.14. The molecule has 0 bridgehead atoms. The predicted molar refractivity (Wildman–Crippen MR) is 123 cm³/mol. The van der Waals surface area contributed by atoms with Crippen LogP contribution in [0.15, 0.2) is 71.6 Å². The van der Waals surface area contributed by atoms with E-state index in [1.54, 1.807) is 18.2 Å². The molecule has 3 rings (SSSR count). The molecule has 0 aliphatic rings. The Morgan fingerprint density at radius 3 is 2.33 bits per heavy atom. The molecule has 0 unspecified atom stereocenters. The Morgan fingerprint density at radius 1 is 0.939 bits per heavy atom. The fourth-order valence-corrected chi connectivity index (χ4v) is 3.97. The molecule has 0 aliphatic heterocycles. The van der Waals surface area contributed by atoms with Gasteiger partial charge in [-0.15, -0.1) is 0 Å². The number of carbonyl (C=O) groups excluding carboxylic acids is 2. The van der Waals surface area contributed by atoms with Crippen molar-refractivity contribution in [2.24, 2.45) is 0 Å². The number of carbonyl (C=O) groups is 2. The second-order valence-corrected chi connectivity index (χ2v) is 9.19. The lowest BCUT2D eigenvalue weighted by atomic mass is 10.2. The number of hydrogen-bond acceptors (Lipinski definition) is 5. The summed E-state index contributed by atoms with van der Waals surface area (Å²) in [7, 11) is -4.08. The van der Waals surface area contributed by atoms with Crippen molar-refractivity contribution in [3.05, 3.63) is 89.2 Å². The van der Waals surface area contributed by atoms with Crippen LogP contribution in [0.25, 0.3) is 0 Å². The first kappa shape index (κ1) is 23.9. The number of amides is 1. The van der Waals surface area contributed by atoms with Gasteiger partial charge in [-0.3, -0.25) is 9.52 Å². The van der Waals surface area contributed by atoms with E-state index < -0.39 is 33.8 Å². The predicted octanol–water partition coefficient (Wildman–Crippen LogP) is 4.43. The van der Waals surface area contributed by atoms with Crippen LogP contribution < -0.4 is 10.0 Å². The topological polar surface area (TPSA) is 102 Å². The fraction of sp³-hybridized carbons (Fsp3) is 0.167. The number of rotatable bonds is 7. The van der Waals surface area contributed by atoms with Crippen LogP contribution in [0.3, 0.4) is 0 Å². The number of halogens is 1. The number of nitrogens with one attached hydrogen (secondary N) is 2. The number of sulfonamides is 1. The minimum atomic E-state index is -4.08. The molecule has 0 aromatic heterocycles. The quantitative estimate of drug-likeness (QED) is 0.498. The van der Waals surface area contributed by atoms with E-state index in [0.29, 0.717) is 11.3 Å². The molecule has 7 nitrogen and oxygen atoms in total. The summed E-state index contributed by atoms with van der Waals surface area (Å²) >= 11 is 0. The third-order valence-corrected chi connectivity index (χ3v) is 6.12. The maximum Gasteiger partial charge on any atom is 0.338 e. The Balaban J connectivity index is 1.68. The van der Waals surface area contributed by atoms with E-state index >= 15 is 0 Å². The van der Waals surface area contributed by atoms with Gasteiger partial charge in [0.15, 0.2) is 6.10 Å². The van der Waals surface area contributed by atoms with E-state index in [-0.39, 0.29) is 16.1 Å². The van der Waals surface area contributed by atoms with E-state index in [1.807, 2.05) is 13.0 Å². The maximum atomic E-state index is 13.8. The highest BCUT2D eigenvalue weighted by molar-refractivity contribution is 7.92. The van der Waals surface area contributed by atoms with E-state index in [9.17, 15) is 22.4 Å². The molecule has 3 aromatic carbocycles. The first-order valence-corrected chi connectivity index (χ1v) is 11.5. The van der Waals surface area contributed by atoms with Crippen molar-refractivity contribution in [1.82, 2.24) is 0 Å². The van der Waals surface area contributed by atoms with Gasteiger partial charge in [-0.2, -0.15) is 0 Å². The molecule has 0 heterocycles. The second kappa shape index (κ2) is 9.83. The van der Waals surface area contributed by atoms with Crippen LogP contribution in [-0.2, 0) is 19.6 Å². The van der Waals surface area contributed by atoms with Gasteiger partial charge in [0.2, 0.25) is 0 Å². The Hall–Kier alpha value is -3.72. The number of ether oxygens (including phenoxy) is 1. The van der Waals surface area contributed by atoms with Crippen molar-refractivity contribution < 1.29 is 27.1 Å². The standard InChI is InChI=1S/C24H23FN2O5S/c1-15-6-4-8-19(12-15)26-23(28)17(3)32-24(29)18-7-5-9-20(13-18)27-33(30,31)21-11-10-16(2)22(25)14-21/h4-14,17,27H,1-3H3,(H,26,28)/t17-/m1/s1. The highest BCUT2D eigenvalue weighted by Gasteiger charge is 2.21. The Labute approximate surface area is 191 Å². The molecule has 33 heavy (non-hydrogen) atoms. The summed E-state index contributed by atoms with van der Waals surface area (Å²) in [4.78, 5) is 24.6. The van der Waals surface area contributed by atoms with E-state index in [0.717, 1.165) is 11.6 Å². The summed E-state index contributed by atoms with van der Waals surface area (Å²) in [5.41, 5.74) is 1.99. The summed E-state index contributed by atoms with van der Waals surface area (Å²) in [6, 6.07) is 16.3. The summed E-state index contributed by atoms with van der Waals surface area (Å²) in [5, 5.41) is 2.67. The van der Waals surface area contributed by atoms with Crippen molar-refractivity contribution in [1.29, 1.82) is 0 Å². The molecule has 172 valence electrons. The largest absolute Gasteiger partial charge is 0.449 e. The highest BCUT2D eigenvalue weighted by atomic mass is 32.2. The van der Waals surface area contributed by atoms with Gasteiger partial charge in [-0.1, -0.05) is 24.3 Å². The van der Waals surface area contributed by atoms with E-state index in [4.69, 9.17) is 4.74 Å². The average molecular weight is 471 g/mol. The zero-order chi connectivity index (χ0) is 24.2. The van der Waals surface area contributed by atoms with Crippen LogP contribution in [0.1, 0.15) is 28.4 Å². The summed E-state index contributed by atoms with van der Waals surface area (Å²) in [5.74, 6) is -1.95. The normalized spacial score (nSPS) is 12.0. The van der Waals surface area contributed by atoms with Crippen LogP contribution in [0.5, 0.6) is 0 Å². The van der Waals surface area contributed by atoms with Crippen molar-refractivity contribution in [3.63, 3.8) is 0 Å².